The molecule has 0 bridgehead atoms. The van der Waals surface area contributed by atoms with Crippen molar-refractivity contribution in [2.45, 2.75) is 18.7 Å². The van der Waals surface area contributed by atoms with E-state index in [1.165, 1.54) is 18.2 Å². The lowest BCUT2D eigenvalue weighted by atomic mass is 9.97. The van der Waals surface area contributed by atoms with E-state index in [0.29, 0.717) is 13.0 Å². The molecule has 1 N–H and O–H groups in total. The van der Waals surface area contributed by atoms with Crippen LogP contribution in [-0.4, -0.2) is 22.7 Å². The van der Waals surface area contributed by atoms with Gasteiger partial charge in [-0.2, -0.15) is 13.2 Å². The average Bonchev–Trinajstić information content (AvgIpc) is 2.28. The summed E-state index contributed by atoms with van der Waals surface area (Å²) in [7, 11) is 0. The molecule has 0 saturated carbocycles. The van der Waals surface area contributed by atoms with E-state index in [4.69, 9.17) is 23.2 Å². The van der Waals surface area contributed by atoms with Gasteiger partial charge in [-0.25, -0.2) is 0 Å². The van der Waals surface area contributed by atoms with Gasteiger partial charge in [-0.3, -0.25) is 4.79 Å². The maximum atomic E-state index is 12.6. The standard InChI is InChI=1S/C12H9Cl2F3O2/c1-7(18)11(19,12(15,16)17)5-4-8-2-3-9(13)10(14)6-8/h2-6,19H,1H3. The van der Waals surface area contributed by atoms with Crippen LogP contribution in [0.2, 0.25) is 10.0 Å². The first-order valence-electron chi connectivity index (χ1n) is 5.02. The smallest absolute Gasteiger partial charge is 0.370 e. The molecule has 0 aliphatic heterocycles. The Morgan fingerprint density at radius 1 is 1.26 bits per heavy atom. The van der Waals surface area contributed by atoms with Crippen LogP contribution in [0.15, 0.2) is 24.3 Å². The van der Waals surface area contributed by atoms with Gasteiger partial charge >= 0.3 is 6.18 Å². The van der Waals surface area contributed by atoms with Crippen LogP contribution >= 0.6 is 23.2 Å². The predicted octanol–water partition coefficient (Wildman–Crippen LogP) is 3.89. The first-order chi connectivity index (χ1) is 8.58. The molecule has 0 amide bonds. The molecule has 0 spiro atoms. The molecule has 2 nitrogen and oxygen atoms in total. The molecular weight excluding hydrogens is 304 g/mol. The van der Waals surface area contributed by atoms with Crippen molar-refractivity contribution >= 4 is 35.1 Å². The van der Waals surface area contributed by atoms with E-state index in [1.54, 1.807) is 0 Å². The second-order valence-electron chi connectivity index (χ2n) is 3.83. The SMILES string of the molecule is CC(=O)C(O)(C=Cc1ccc(Cl)c(Cl)c1)C(F)(F)F. The number of ketones is 1. The lowest BCUT2D eigenvalue weighted by Crippen LogP contribution is -2.49. The second kappa shape index (κ2) is 5.53. The molecule has 0 saturated heterocycles. The van der Waals surface area contributed by atoms with E-state index in [2.05, 4.69) is 0 Å². The largest absolute Gasteiger partial charge is 0.428 e. The number of carbonyl (C=O) groups is 1. The maximum absolute atomic E-state index is 12.6. The molecule has 1 rings (SSSR count). The van der Waals surface area contributed by atoms with Gasteiger partial charge < -0.3 is 5.11 Å². The van der Waals surface area contributed by atoms with Crippen molar-refractivity contribution < 1.29 is 23.1 Å². The molecular formula is C12H9Cl2F3O2. The van der Waals surface area contributed by atoms with Gasteiger partial charge in [0.05, 0.1) is 10.0 Å². The maximum Gasteiger partial charge on any atom is 0.428 e. The third kappa shape index (κ3) is 3.49. The van der Waals surface area contributed by atoms with Crippen molar-refractivity contribution in [2.75, 3.05) is 0 Å². The van der Waals surface area contributed by atoms with Crippen molar-refractivity contribution in [2.24, 2.45) is 0 Å². The zero-order valence-corrected chi connectivity index (χ0v) is 11.1. The molecule has 1 aromatic carbocycles. The van der Waals surface area contributed by atoms with Crippen LogP contribution in [0.4, 0.5) is 13.2 Å². The molecule has 0 heterocycles. The minimum Gasteiger partial charge on any atom is -0.370 e. The number of carbonyl (C=O) groups excluding carboxylic acids is 1. The van der Waals surface area contributed by atoms with Crippen LogP contribution in [0, 0.1) is 0 Å². The fourth-order valence-corrected chi connectivity index (χ4v) is 1.55. The fraction of sp³-hybridized carbons (Fsp3) is 0.250. The highest BCUT2D eigenvalue weighted by Gasteiger charge is 2.55. The molecule has 1 atom stereocenters. The number of benzene rings is 1. The predicted molar refractivity (Wildman–Crippen MR) is 67.2 cm³/mol. The number of aliphatic hydroxyl groups is 1. The Morgan fingerprint density at radius 3 is 2.26 bits per heavy atom. The quantitative estimate of drug-likeness (QED) is 0.919. The Labute approximate surface area is 117 Å². The van der Waals surface area contributed by atoms with Gasteiger partial charge in [0.15, 0.2) is 5.78 Å². The topological polar surface area (TPSA) is 37.3 Å². The van der Waals surface area contributed by atoms with Crippen LogP contribution in [0.5, 0.6) is 0 Å². The highest BCUT2D eigenvalue weighted by atomic mass is 35.5. The van der Waals surface area contributed by atoms with Gasteiger partial charge in [-0.05, 0) is 30.7 Å². The van der Waals surface area contributed by atoms with E-state index in [9.17, 15) is 23.1 Å². The number of Topliss-reactive ketones (excluding diaryl/α,β-unsaturated/α-hetero) is 1. The lowest BCUT2D eigenvalue weighted by Gasteiger charge is -2.24. The second-order valence-corrected chi connectivity index (χ2v) is 4.64. The molecule has 0 aliphatic carbocycles. The van der Waals surface area contributed by atoms with Gasteiger partial charge in [0, 0.05) is 0 Å². The Balaban J connectivity index is 3.13. The van der Waals surface area contributed by atoms with Crippen LogP contribution in [-0.2, 0) is 4.79 Å². The van der Waals surface area contributed by atoms with Crippen LogP contribution in [0.3, 0.4) is 0 Å². The zero-order chi connectivity index (χ0) is 14.8. The third-order valence-corrected chi connectivity index (χ3v) is 3.17. The van der Waals surface area contributed by atoms with Gasteiger partial charge in [0.2, 0.25) is 5.60 Å². The van der Waals surface area contributed by atoms with Crippen molar-refractivity contribution in [3.63, 3.8) is 0 Å². The van der Waals surface area contributed by atoms with Gasteiger partial charge in [0.1, 0.15) is 0 Å². The van der Waals surface area contributed by atoms with E-state index in [-0.39, 0.29) is 15.6 Å². The molecule has 104 valence electrons. The lowest BCUT2D eigenvalue weighted by molar-refractivity contribution is -0.232. The summed E-state index contributed by atoms with van der Waals surface area (Å²) in [5.41, 5.74) is -3.24. The van der Waals surface area contributed by atoms with E-state index < -0.39 is 17.6 Å². The average molecular weight is 313 g/mol. The summed E-state index contributed by atoms with van der Waals surface area (Å²) in [6.07, 6.45) is -3.75. The number of hydrogen-bond acceptors (Lipinski definition) is 2. The monoisotopic (exact) mass is 312 g/mol. The summed E-state index contributed by atoms with van der Waals surface area (Å²) >= 11 is 11.4. The Hall–Kier alpha value is -1.04. The summed E-state index contributed by atoms with van der Waals surface area (Å²) in [5, 5.41) is 9.79. The highest BCUT2D eigenvalue weighted by Crippen LogP contribution is 2.33. The van der Waals surface area contributed by atoms with Crippen molar-refractivity contribution in [3.8, 4) is 0 Å². The van der Waals surface area contributed by atoms with Gasteiger partial charge in [0.25, 0.3) is 0 Å². The molecule has 19 heavy (non-hydrogen) atoms. The molecule has 0 aliphatic rings. The summed E-state index contributed by atoms with van der Waals surface area (Å²) < 4.78 is 37.9. The van der Waals surface area contributed by atoms with Crippen molar-refractivity contribution in [1.29, 1.82) is 0 Å². The molecule has 7 heteroatoms. The summed E-state index contributed by atoms with van der Waals surface area (Å²) in [6, 6.07) is 4.11. The fourth-order valence-electron chi connectivity index (χ4n) is 1.24. The molecule has 1 aromatic rings. The molecule has 0 radical (unpaired) electrons. The summed E-state index contributed by atoms with van der Waals surface area (Å²) in [6.45, 7) is 0.659. The Bertz CT molecular complexity index is 526. The van der Waals surface area contributed by atoms with Gasteiger partial charge in [-0.1, -0.05) is 35.3 Å². The minimum atomic E-state index is -5.09. The van der Waals surface area contributed by atoms with E-state index in [1.807, 2.05) is 0 Å². The van der Waals surface area contributed by atoms with Crippen molar-refractivity contribution in [1.82, 2.24) is 0 Å². The van der Waals surface area contributed by atoms with Crippen LogP contribution < -0.4 is 0 Å². The third-order valence-electron chi connectivity index (χ3n) is 2.43. The Kier molecular flexibility index (Phi) is 4.66. The van der Waals surface area contributed by atoms with E-state index >= 15 is 0 Å². The Morgan fingerprint density at radius 2 is 1.84 bits per heavy atom. The minimum absolute atomic E-state index is 0.155. The molecule has 0 aromatic heterocycles. The van der Waals surface area contributed by atoms with Crippen LogP contribution in [0.25, 0.3) is 6.08 Å². The number of halogens is 5. The summed E-state index contributed by atoms with van der Waals surface area (Å²) in [4.78, 5) is 11.0. The normalized spacial score (nSPS) is 15.5. The number of alkyl halides is 3. The van der Waals surface area contributed by atoms with Gasteiger partial charge in [-0.15, -0.1) is 0 Å². The zero-order valence-electron chi connectivity index (χ0n) is 9.63. The molecule has 0 fully saturated rings. The van der Waals surface area contributed by atoms with Crippen LogP contribution in [0.1, 0.15) is 12.5 Å². The first kappa shape index (κ1) is 16.0. The van der Waals surface area contributed by atoms with Crippen molar-refractivity contribution in [3.05, 3.63) is 39.9 Å². The van der Waals surface area contributed by atoms with E-state index in [0.717, 1.165) is 6.08 Å². The first-order valence-corrected chi connectivity index (χ1v) is 5.78. The number of rotatable bonds is 3. The summed E-state index contributed by atoms with van der Waals surface area (Å²) in [5.74, 6) is -1.42. The highest BCUT2D eigenvalue weighted by molar-refractivity contribution is 6.42. The number of hydrogen-bond donors (Lipinski definition) is 1. The molecule has 1 unspecified atom stereocenters.